The van der Waals surface area contributed by atoms with Crippen LogP contribution in [0, 0.1) is 4.64 Å². The Morgan fingerprint density at radius 3 is 2.81 bits per heavy atom. The molecule has 0 unspecified atom stereocenters. The Labute approximate surface area is 101 Å². The second-order valence-electron chi connectivity index (χ2n) is 3.92. The van der Waals surface area contributed by atoms with Crippen molar-refractivity contribution in [3.63, 3.8) is 0 Å². The molecule has 0 fully saturated rings. The molecule has 1 aliphatic heterocycles. The first-order valence-corrected chi connectivity index (χ1v) is 6.24. The van der Waals surface area contributed by atoms with Gasteiger partial charge in [0.2, 0.25) is 5.95 Å². The molecule has 0 bridgehead atoms. The van der Waals surface area contributed by atoms with Gasteiger partial charge in [0.25, 0.3) is 0 Å². The van der Waals surface area contributed by atoms with Gasteiger partial charge in [-0.25, -0.2) is 4.98 Å². The highest BCUT2D eigenvalue weighted by Crippen LogP contribution is 2.16. The zero-order valence-corrected chi connectivity index (χ0v) is 10.7. The molecule has 1 aromatic heterocycles. The number of hydrogen-bond acceptors (Lipinski definition) is 4. The van der Waals surface area contributed by atoms with E-state index in [1.807, 2.05) is 0 Å². The number of rotatable bonds is 3. The van der Waals surface area contributed by atoms with Gasteiger partial charge < -0.3 is 15.2 Å². The summed E-state index contributed by atoms with van der Waals surface area (Å²) in [5.74, 6) is 0.913. The molecule has 0 saturated heterocycles. The number of fused-ring (bicyclic) bond motifs is 1. The van der Waals surface area contributed by atoms with Crippen molar-refractivity contribution in [3.8, 4) is 0 Å². The molecule has 2 rings (SSSR count). The van der Waals surface area contributed by atoms with Gasteiger partial charge in [-0.3, -0.25) is 0 Å². The summed E-state index contributed by atoms with van der Waals surface area (Å²) in [5, 5.41) is 3.32. The van der Waals surface area contributed by atoms with Crippen LogP contribution in [0.3, 0.4) is 0 Å². The van der Waals surface area contributed by atoms with E-state index in [9.17, 15) is 0 Å². The third-order valence-electron chi connectivity index (χ3n) is 3.01. The van der Waals surface area contributed by atoms with Crippen molar-refractivity contribution in [1.82, 2.24) is 15.3 Å². The van der Waals surface area contributed by atoms with Crippen LogP contribution in [0.5, 0.6) is 0 Å². The monoisotopic (exact) mass is 238 g/mol. The van der Waals surface area contributed by atoms with Crippen molar-refractivity contribution in [2.24, 2.45) is 0 Å². The van der Waals surface area contributed by atoms with E-state index in [1.165, 1.54) is 5.69 Å². The minimum atomic E-state index is 0.739. The maximum atomic E-state index is 5.34. The second-order valence-corrected chi connectivity index (χ2v) is 4.31. The molecule has 88 valence electrons. The third kappa shape index (κ3) is 2.10. The number of aromatic amines is 1. The van der Waals surface area contributed by atoms with Crippen LogP contribution in [-0.4, -0.2) is 29.6 Å². The Bertz CT molecular complexity index is 422. The summed E-state index contributed by atoms with van der Waals surface area (Å²) in [7, 11) is 0. The number of anilines is 1. The first kappa shape index (κ1) is 11.5. The maximum Gasteiger partial charge on any atom is 0.204 e. The quantitative estimate of drug-likeness (QED) is 0.786. The molecule has 0 spiro atoms. The molecular weight excluding hydrogens is 220 g/mol. The molecule has 0 aliphatic carbocycles. The van der Waals surface area contributed by atoms with Crippen LogP contribution in [0.1, 0.15) is 25.1 Å². The Kier molecular flexibility index (Phi) is 3.56. The highest BCUT2D eigenvalue weighted by molar-refractivity contribution is 7.71. The van der Waals surface area contributed by atoms with Gasteiger partial charge in [-0.05, 0) is 13.8 Å². The zero-order chi connectivity index (χ0) is 11.5. The molecule has 0 saturated carbocycles. The molecule has 1 aliphatic rings. The van der Waals surface area contributed by atoms with E-state index in [0.29, 0.717) is 0 Å². The van der Waals surface area contributed by atoms with Crippen molar-refractivity contribution >= 4 is 18.2 Å². The summed E-state index contributed by atoms with van der Waals surface area (Å²) in [6.07, 6.45) is 1.01. The first-order chi connectivity index (χ1) is 7.76. The molecule has 1 aromatic rings. The summed E-state index contributed by atoms with van der Waals surface area (Å²) in [4.78, 5) is 10.1. The van der Waals surface area contributed by atoms with Crippen LogP contribution in [0.4, 0.5) is 5.95 Å². The number of H-pyrrole nitrogens is 1. The van der Waals surface area contributed by atoms with Crippen molar-refractivity contribution in [3.05, 3.63) is 15.9 Å². The lowest BCUT2D eigenvalue weighted by atomic mass is 10.1. The van der Waals surface area contributed by atoms with Gasteiger partial charge in [0, 0.05) is 43.9 Å². The van der Waals surface area contributed by atoms with Crippen molar-refractivity contribution in [1.29, 1.82) is 0 Å². The summed E-state index contributed by atoms with van der Waals surface area (Å²) < 4.78 is 0.739. The average molecular weight is 238 g/mol. The van der Waals surface area contributed by atoms with E-state index >= 15 is 0 Å². The smallest absolute Gasteiger partial charge is 0.204 e. The topological polar surface area (TPSA) is 44.0 Å². The van der Waals surface area contributed by atoms with E-state index < -0.39 is 0 Å². The third-order valence-corrected chi connectivity index (χ3v) is 3.35. The van der Waals surface area contributed by atoms with Gasteiger partial charge in [0.1, 0.15) is 4.64 Å². The van der Waals surface area contributed by atoms with Crippen LogP contribution in [0.2, 0.25) is 0 Å². The highest BCUT2D eigenvalue weighted by atomic mass is 32.1. The highest BCUT2D eigenvalue weighted by Gasteiger charge is 2.14. The molecule has 0 amide bonds. The van der Waals surface area contributed by atoms with Gasteiger partial charge >= 0.3 is 0 Å². The lowest BCUT2D eigenvalue weighted by Gasteiger charge is -2.23. The maximum absolute atomic E-state index is 5.34. The Balaban J connectivity index is 2.42. The number of nitrogens with one attached hydrogen (secondary N) is 2. The minimum Gasteiger partial charge on any atom is -0.343 e. The van der Waals surface area contributed by atoms with Gasteiger partial charge in [0.15, 0.2) is 0 Å². The fraction of sp³-hybridized carbons (Fsp3) is 0.636. The van der Waals surface area contributed by atoms with Crippen molar-refractivity contribution < 1.29 is 0 Å². The van der Waals surface area contributed by atoms with Gasteiger partial charge in [-0.1, -0.05) is 12.2 Å². The van der Waals surface area contributed by atoms with E-state index in [0.717, 1.165) is 48.8 Å². The van der Waals surface area contributed by atoms with Crippen LogP contribution in [-0.2, 0) is 13.0 Å². The predicted molar refractivity (Wildman–Crippen MR) is 68.4 cm³/mol. The Morgan fingerprint density at radius 2 is 2.12 bits per heavy atom. The lowest BCUT2D eigenvalue weighted by Crippen LogP contribution is -2.29. The van der Waals surface area contributed by atoms with Gasteiger partial charge in [0.05, 0.1) is 0 Å². The average Bonchev–Trinajstić information content (AvgIpc) is 2.31. The van der Waals surface area contributed by atoms with E-state index in [-0.39, 0.29) is 0 Å². The van der Waals surface area contributed by atoms with E-state index in [1.54, 1.807) is 0 Å². The Morgan fingerprint density at radius 1 is 1.38 bits per heavy atom. The Hall–Kier alpha value is -0.940. The lowest BCUT2D eigenvalue weighted by molar-refractivity contribution is 0.621. The van der Waals surface area contributed by atoms with E-state index in [2.05, 4.69) is 34.0 Å². The summed E-state index contributed by atoms with van der Waals surface area (Å²) in [6.45, 7) is 8.01. The van der Waals surface area contributed by atoms with Crippen LogP contribution in [0.25, 0.3) is 0 Å². The fourth-order valence-corrected chi connectivity index (χ4v) is 2.31. The normalized spacial score (nSPS) is 14.6. The first-order valence-electron chi connectivity index (χ1n) is 5.84. The molecule has 5 heteroatoms. The number of aromatic nitrogens is 2. The fourth-order valence-electron chi connectivity index (χ4n) is 2.03. The van der Waals surface area contributed by atoms with Crippen LogP contribution in [0.15, 0.2) is 0 Å². The molecule has 16 heavy (non-hydrogen) atoms. The van der Waals surface area contributed by atoms with Crippen LogP contribution < -0.4 is 10.2 Å². The van der Waals surface area contributed by atoms with Crippen LogP contribution >= 0.6 is 12.2 Å². The number of nitrogens with zero attached hydrogens (tertiary/aromatic N) is 2. The molecule has 0 radical (unpaired) electrons. The summed E-state index contributed by atoms with van der Waals surface area (Å²) in [6, 6.07) is 0. The SMILES string of the molecule is CCN(CC)c1nc(=S)c2c([nH]1)CCNC2. The second kappa shape index (κ2) is 4.93. The standard InChI is InChI=1S/C11H18N4S/c1-3-15(4-2)11-13-9-5-6-12-7-8(9)10(16)14-11/h12H,3-7H2,1-2H3,(H,13,14,16). The van der Waals surface area contributed by atoms with Gasteiger partial charge in [-0.2, -0.15) is 0 Å². The molecular formula is C11H18N4S. The zero-order valence-electron chi connectivity index (χ0n) is 9.84. The largest absolute Gasteiger partial charge is 0.343 e. The van der Waals surface area contributed by atoms with Crippen molar-refractivity contribution in [2.75, 3.05) is 24.5 Å². The number of hydrogen-bond donors (Lipinski definition) is 2. The van der Waals surface area contributed by atoms with E-state index in [4.69, 9.17) is 12.2 Å². The molecule has 0 atom stereocenters. The minimum absolute atomic E-state index is 0.739. The predicted octanol–water partition coefficient (Wildman–Crippen LogP) is 1.63. The molecule has 0 aromatic carbocycles. The summed E-state index contributed by atoms with van der Waals surface area (Å²) >= 11 is 5.34. The summed E-state index contributed by atoms with van der Waals surface area (Å²) in [5.41, 5.74) is 2.41. The van der Waals surface area contributed by atoms with Crippen molar-refractivity contribution in [2.45, 2.75) is 26.8 Å². The molecule has 4 nitrogen and oxygen atoms in total. The van der Waals surface area contributed by atoms with Gasteiger partial charge in [-0.15, -0.1) is 0 Å². The molecule has 2 N–H and O–H groups in total. The molecule has 2 heterocycles.